The molecule has 1 unspecified atom stereocenters. The normalized spacial score (nSPS) is 16.6. The average Bonchev–Trinajstić information content (AvgIpc) is 3.03. The third-order valence-electron chi connectivity index (χ3n) is 4.03. The minimum Gasteiger partial charge on any atom is -0.457 e. The Morgan fingerprint density at radius 2 is 1.84 bits per heavy atom. The van der Waals surface area contributed by atoms with Crippen molar-refractivity contribution in [1.82, 2.24) is 5.32 Å². The number of para-hydroxylation sites is 1. The predicted octanol–water partition coefficient (Wildman–Crippen LogP) is 3.28. The molecule has 0 aromatic heterocycles. The standard InChI is InChI=1S/C20H20N2O3/c1-2-14-21-20(24)18-12-13-19(23)22(18)15-8-10-17(11-9-15)25-16-6-4-3-5-7-16/h2-11,18H,1,12-14H2,(H,21,24). The third-order valence-corrected chi connectivity index (χ3v) is 4.03. The van der Waals surface area contributed by atoms with Crippen molar-refractivity contribution in [3.8, 4) is 11.5 Å². The molecule has 0 aliphatic carbocycles. The van der Waals surface area contributed by atoms with E-state index in [1.54, 1.807) is 35.2 Å². The Kier molecular flexibility index (Phi) is 5.14. The van der Waals surface area contributed by atoms with Crippen LogP contribution in [0, 0.1) is 0 Å². The number of nitrogens with one attached hydrogen (secondary N) is 1. The summed E-state index contributed by atoms with van der Waals surface area (Å²) >= 11 is 0. The molecular formula is C20H20N2O3. The van der Waals surface area contributed by atoms with Gasteiger partial charge in [0.05, 0.1) is 0 Å². The topological polar surface area (TPSA) is 58.6 Å². The Labute approximate surface area is 146 Å². The molecule has 1 aliphatic rings. The number of hydrogen-bond acceptors (Lipinski definition) is 3. The van der Waals surface area contributed by atoms with Crippen molar-refractivity contribution in [2.45, 2.75) is 18.9 Å². The summed E-state index contributed by atoms with van der Waals surface area (Å²) in [6.07, 6.45) is 2.51. The van der Waals surface area contributed by atoms with E-state index in [2.05, 4.69) is 11.9 Å². The molecule has 1 aliphatic heterocycles. The van der Waals surface area contributed by atoms with Crippen molar-refractivity contribution in [3.05, 3.63) is 67.3 Å². The van der Waals surface area contributed by atoms with E-state index in [0.717, 1.165) is 5.75 Å². The molecular weight excluding hydrogens is 316 g/mol. The average molecular weight is 336 g/mol. The number of ether oxygens (including phenoxy) is 1. The molecule has 0 spiro atoms. The van der Waals surface area contributed by atoms with E-state index in [9.17, 15) is 9.59 Å². The van der Waals surface area contributed by atoms with Crippen LogP contribution in [0.15, 0.2) is 67.3 Å². The molecule has 0 bridgehead atoms. The summed E-state index contributed by atoms with van der Waals surface area (Å²) in [7, 11) is 0. The van der Waals surface area contributed by atoms with Crippen LogP contribution in [0.5, 0.6) is 11.5 Å². The highest BCUT2D eigenvalue weighted by Crippen LogP contribution is 2.29. The van der Waals surface area contributed by atoms with Crippen molar-refractivity contribution >= 4 is 17.5 Å². The first-order chi connectivity index (χ1) is 12.2. The summed E-state index contributed by atoms with van der Waals surface area (Å²) in [6.45, 7) is 3.98. The summed E-state index contributed by atoms with van der Waals surface area (Å²) in [5.41, 5.74) is 0.696. The van der Waals surface area contributed by atoms with Gasteiger partial charge in [0.1, 0.15) is 17.5 Å². The maximum atomic E-state index is 12.3. The van der Waals surface area contributed by atoms with Crippen molar-refractivity contribution in [1.29, 1.82) is 0 Å². The highest BCUT2D eigenvalue weighted by atomic mass is 16.5. The van der Waals surface area contributed by atoms with Crippen LogP contribution >= 0.6 is 0 Å². The summed E-state index contributed by atoms with van der Waals surface area (Å²) < 4.78 is 5.76. The maximum Gasteiger partial charge on any atom is 0.243 e. The zero-order valence-corrected chi connectivity index (χ0v) is 13.9. The lowest BCUT2D eigenvalue weighted by Gasteiger charge is -2.24. The molecule has 128 valence electrons. The first kappa shape index (κ1) is 16.8. The summed E-state index contributed by atoms with van der Waals surface area (Å²) in [5.74, 6) is 1.22. The molecule has 1 fully saturated rings. The smallest absolute Gasteiger partial charge is 0.243 e. The van der Waals surface area contributed by atoms with E-state index >= 15 is 0 Å². The molecule has 25 heavy (non-hydrogen) atoms. The first-order valence-electron chi connectivity index (χ1n) is 8.22. The lowest BCUT2D eigenvalue weighted by atomic mass is 10.2. The van der Waals surface area contributed by atoms with Gasteiger partial charge in [0.25, 0.3) is 0 Å². The fraction of sp³-hybridized carbons (Fsp3) is 0.200. The quantitative estimate of drug-likeness (QED) is 0.824. The van der Waals surface area contributed by atoms with Gasteiger partial charge in [0.2, 0.25) is 11.8 Å². The second-order valence-electron chi connectivity index (χ2n) is 5.76. The number of nitrogens with zero attached hydrogens (tertiary/aromatic N) is 1. The van der Waals surface area contributed by atoms with Gasteiger partial charge in [-0.05, 0) is 42.8 Å². The van der Waals surface area contributed by atoms with Gasteiger partial charge in [0, 0.05) is 18.7 Å². The maximum absolute atomic E-state index is 12.3. The van der Waals surface area contributed by atoms with Gasteiger partial charge in [0.15, 0.2) is 0 Å². The lowest BCUT2D eigenvalue weighted by Crippen LogP contribution is -2.44. The van der Waals surface area contributed by atoms with E-state index in [4.69, 9.17) is 4.74 Å². The van der Waals surface area contributed by atoms with Gasteiger partial charge in [-0.2, -0.15) is 0 Å². The fourth-order valence-electron chi connectivity index (χ4n) is 2.85. The van der Waals surface area contributed by atoms with Crippen molar-refractivity contribution in [3.63, 3.8) is 0 Å². The van der Waals surface area contributed by atoms with Crippen molar-refractivity contribution < 1.29 is 14.3 Å². The van der Waals surface area contributed by atoms with Gasteiger partial charge >= 0.3 is 0 Å². The molecule has 0 saturated carbocycles. The Morgan fingerprint density at radius 3 is 2.52 bits per heavy atom. The molecule has 2 aromatic carbocycles. The molecule has 2 aromatic rings. The fourth-order valence-corrected chi connectivity index (χ4v) is 2.85. The zero-order valence-electron chi connectivity index (χ0n) is 13.9. The molecule has 5 nitrogen and oxygen atoms in total. The van der Waals surface area contributed by atoms with Gasteiger partial charge < -0.3 is 10.1 Å². The van der Waals surface area contributed by atoms with Gasteiger partial charge in [-0.1, -0.05) is 24.3 Å². The molecule has 5 heteroatoms. The van der Waals surface area contributed by atoms with Gasteiger partial charge in [-0.15, -0.1) is 6.58 Å². The monoisotopic (exact) mass is 336 g/mol. The Bertz CT molecular complexity index is 756. The van der Waals surface area contributed by atoms with Crippen LogP contribution in [0.25, 0.3) is 0 Å². The van der Waals surface area contributed by atoms with Crippen LogP contribution < -0.4 is 15.0 Å². The highest BCUT2D eigenvalue weighted by Gasteiger charge is 2.36. The van der Waals surface area contributed by atoms with Crippen LogP contribution in [0.3, 0.4) is 0 Å². The van der Waals surface area contributed by atoms with E-state index in [1.807, 2.05) is 30.3 Å². The van der Waals surface area contributed by atoms with E-state index in [-0.39, 0.29) is 11.8 Å². The number of hydrogen-bond donors (Lipinski definition) is 1. The van der Waals surface area contributed by atoms with Crippen molar-refractivity contribution in [2.75, 3.05) is 11.4 Å². The van der Waals surface area contributed by atoms with Crippen LogP contribution in [-0.2, 0) is 9.59 Å². The predicted molar refractivity (Wildman–Crippen MR) is 96.7 cm³/mol. The number of carbonyl (C=O) groups is 2. The van der Waals surface area contributed by atoms with Crippen LogP contribution in [-0.4, -0.2) is 24.4 Å². The Balaban J connectivity index is 1.74. The van der Waals surface area contributed by atoms with Gasteiger partial charge in [-0.25, -0.2) is 0 Å². The Morgan fingerprint density at radius 1 is 1.16 bits per heavy atom. The van der Waals surface area contributed by atoms with Crippen LogP contribution in [0.4, 0.5) is 5.69 Å². The van der Waals surface area contributed by atoms with E-state index in [0.29, 0.717) is 30.8 Å². The first-order valence-corrected chi connectivity index (χ1v) is 8.22. The second-order valence-corrected chi connectivity index (χ2v) is 5.76. The number of benzene rings is 2. The van der Waals surface area contributed by atoms with E-state index < -0.39 is 6.04 Å². The van der Waals surface area contributed by atoms with Crippen LogP contribution in [0.2, 0.25) is 0 Å². The molecule has 1 atom stereocenters. The molecule has 2 amide bonds. The largest absolute Gasteiger partial charge is 0.457 e. The summed E-state index contributed by atoms with van der Waals surface area (Å²) in [6, 6.07) is 16.2. The number of carbonyl (C=O) groups excluding carboxylic acids is 2. The SMILES string of the molecule is C=CCNC(=O)C1CCC(=O)N1c1ccc(Oc2ccccc2)cc1. The molecule has 1 saturated heterocycles. The van der Waals surface area contributed by atoms with Gasteiger partial charge in [-0.3, -0.25) is 14.5 Å². The number of rotatable bonds is 6. The zero-order chi connectivity index (χ0) is 17.6. The highest BCUT2D eigenvalue weighted by molar-refractivity contribution is 6.03. The minimum atomic E-state index is -0.478. The summed E-state index contributed by atoms with van der Waals surface area (Å²) in [4.78, 5) is 26.1. The van der Waals surface area contributed by atoms with E-state index in [1.165, 1.54) is 0 Å². The number of amides is 2. The summed E-state index contributed by atoms with van der Waals surface area (Å²) in [5, 5.41) is 2.76. The van der Waals surface area contributed by atoms with Crippen molar-refractivity contribution in [2.24, 2.45) is 0 Å². The molecule has 3 rings (SSSR count). The minimum absolute atomic E-state index is 0.0459. The third kappa shape index (κ3) is 3.88. The molecule has 0 radical (unpaired) electrons. The Hall–Kier alpha value is -3.08. The second kappa shape index (κ2) is 7.66. The number of anilines is 1. The molecule has 1 N–H and O–H groups in total. The molecule has 1 heterocycles. The van der Waals surface area contributed by atoms with Crippen LogP contribution in [0.1, 0.15) is 12.8 Å². The lowest BCUT2D eigenvalue weighted by molar-refractivity contribution is -0.123.